The summed E-state index contributed by atoms with van der Waals surface area (Å²) in [7, 11) is 1.67. The van der Waals surface area contributed by atoms with E-state index >= 15 is 0 Å². The van der Waals surface area contributed by atoms with Crippen LogP contribution in [0.3, 0.4) is 0 Å². The third-order valence-corrected chi connectivity index (χ3v) is 3.85. The van der Waals surface area contributed by atoms with E-state index < -0.39 is 0 Å². The molecule has 5 nitrogen and oxygen atoms in total. The third kappa shape index (κ3) is 2.97. The molecule has 0 bridgehead atoms. The van der Waals surface area contributed by atoms with Gasteiger partial charge in [-0.2, -0.15) is 0 Å². The van der Waals surface area contributed by atoms with E-state index in [2.05, 4.69) is 10.2 Å². The van der Waals surface area contributed by atoms with Crippen LogP contribution in [-0.4, -0.2) is 60.9 Å². The first-order valence-electron chi connectivity index (χ1n) is 6.45. The molecule has 1 heterocycles. The number of likely N-dealkylation sites (N-methyl/N-ethyl adjacent to an activating group) is 1. The summed E-state index contributed by atoms with van der Waals surface area (Å²) in [5.41, 5.74) is 0. The van der Waals surface area contributed by atoms with E-state index in [-0.39, 0.29) is 18.1 Å². The lowest BCUT2D eigenvalue weighted by molar-refractivity contribution is -0.135. The minimum Gasteiger partial charge on any atom is -0.393 e. The number of aliphatic hydroxyl groups excluding tert-OH is 1. The standard InChI is InChI=1S/C12H22N2O3/c1-13-12(16)11-8-17-7-6-14(11)9-2-4-10(15)5-3-9/h9-11,15H,2-8H2,1H3,(H,13,16). The van der Waals surface area contributed by atoms with Crippen molar-refractivity contribution in [3.8, 4) is 0 Å². The molecule has 2 aliphatic rings. The lowest BCUT2D eigenvalue weighted by Gasteiger charge is -2.42. The molecule has 2 N–H and O–H groups in total. The first-order chi connectivity index (χ1) is 8.22. The number of hydrogen-bond donors (Lipinski definition) is 2. The molecule has 0 radical (unpaired) electrons. The fourth-order valence-electron chi connectivity index (χ4n) is 2.84. The highest BCUT2D eigenvalue weighted by Crippen LogP contribution is 2.25. The maximum atomic E-state index is 11.8. The lowest BCUT2D eigenvalue weighted by Crippen LogP contribution is -2.57. The van der Waals surface area contributed by atoms with Gasteiger partial charge < -0.3 is 15.2 Å². The van der Waals surface area contributed by atoms with E-state index in [0.717, 1.165) is 32.2 Å². The molecule has 1 saturated carbocycles. The van der Waals surface area contributed by atoms with Crippen LogP contribution < -0.4 is 5.32 Å². The van der Waals surface area contributed by atoms with Crippen molar-refractivity contribution in [3.63, 3.8) is 0 Å². The van der Waals surface area contributed by atoms with Gasteiger partial charge in [0.1, 0.15) is 6.04 Å². The Kier molecular flexibility index (Phi) is 4.36. The predicted octanol–water partition coefficient (Wildman–Crippen LogP) is -0.263. The third-order valence-electron chi connectivity index (χ3n) is 3.85. The molecule has 2 fully saturated rings. The lowest BCUT2D eigenvalue weighted by atomic mass is 9.91. The van der Waals surface area contributed by atoms with Crippen LogP contribution in [0.5, 0.6) is 0 Å². The summed E-state index contributed by atoms with van der Waals surface area (Å²) in [6.45, 7) is 2.00. The molecule has 1 aliphatic heterocycles. The molecule has 1 aliphatic carbocycles. The van der Waals surface area contributed by atoms with Gasteiger partial charge in [0, 0.05) is 19.6 Å². The van der Waals surface area contributed by atoms with E-state index in [9.17, 15) is 9.90 Å². The maximum Gasteiger partial charge on any atom is 0.239 e. The number of ether oxygens (including phenoxy) is 1. The molecule has 2 rings (SSSR count). The van der Waals surface area contributed by atoms with Gasteiger partial charge in [0.2, 0.25) is 5.91 Å². The van der Waals surface area contributed by atoms with Crippen LogP contribution in [0, 0.1) is 0 Å². The smallest absolute Gasteiger partial charge is 0.239 e. The van der Waals surface area contributed by atoms with Gasteiger partial charge in [0.25, 0.3) is 0 Å². The largest absolute Gasteiger partial charge is 0.393 e. The van der Waals surface area contributed by atoms with Crippen LogP contribution in [-0.2, 0) is 9.53 Å². The average molecular weight is 242 g/mol. The van der Waals surface area contributed by atoms with Crippen molar-refractivity contribution < 1.29 is 14.6 Å². The molecule has 5 heteroatoms. The number of carbonyl (C=O) groups is 1. The Morgan fingerprint density at radius 2 is 2.06 bits per heavy atom. The van der Waals surface area contributed by atoms with Crippen molar-refractivity contribution in [2.45, 2.75) is 43.9 Å². The van der Waals surface area contributed by atoms with Gasteiger partial charge in [0.15, 0.2) is 0 Å². The second kappa shape index (κ2) is 5.80. The van der Waals surface area contributed by atoms with Gasteiger partial charge in [-0.05, 0) is 25.7 Å². The Morgan fingerprint density at radius 1 is 1.35 bits per heavy atom. The Morgan fingerprint density at radius 3 is 2.71 bits per heavy atom. The summed E-state index contributed by atoms with van der Waals surface area (Å²) in [5.74, 6) is 0.0378. The number of nitrogens with one attached hydrogen (secondary N) is 1. The summed E-state index contributed by atoms with van der Waals surface area (Å²) in [6.07, 6.45) is 3.51. The number of aliphatic hydroxyl groups is 1. The Balaban J connectivity index is 1.98. The fraction of sp³-hybridized carbons (Fsp3) is 0.917. The second-order valence-electron chi connectivity index (χ2n) is 4.91. The Labute approximate surface area is 102 Å². The van der Waals surface area contributed by atoms with Crippen molar-refractivity contribution in [1.82, 2.24) is 10.2 Å². The Bertz CT molecular complexity index is 264. The van der Waals surface area contributed by atoms with Crippen LogP contribution in [0.25, 0.3) is 0 Å². The van der Waals surface area contributed by atoms with Gasteiger partial charge in [-0.15, -0.1) is 0 Å². The minimum absolute atomic E-state index is 0.0378. The molecule has 1 atom stereocenters. The van der Waals surface area contributed by atoms with E-state index in [1.807, 2.05) is 0 Å². The van der Waals surface area contributed by atoms with Crippen LogP contribution in [0.15, 0.2) is 0 Å². The summed E-state index contributed by atoms with van der Waals surface area (Å²) in [5, 5.41) is 12.2. The zero-order chi connectivity index (χ0) is 12.3. The van der Waals surface area contributed by atoms with Crippen LogP contribution in [0.1, 0.15) is 25.7 Å². The summed E-state index contributed by atoms with van der Waals surface area (Å²) < 4.78 is 5.40. The molecule has 0 aromatic rings. The molecule has 0 spiro atoms. The highest BCUT2D eigenvalue weighted by atomic mass is 16.5. The Hall–Kier alpha value is -0.650. The molecule has 0 aromatic carbocycles. The summed E-state index contributed by atoms with van der Waals surface area (Å²) >= 11 is 0. The quantitative estimate of drug-likeness (QED) is 0.700. The molecule has 0 aromatic heterocycles. The summed E-state index contributed by atoms with van der Waals surface area (Å²) in [6, 6.07) is 0.263. The van der Waals surface area contributed by atoms with E-state index in [1.54, 1.807) is 7.05 Å². The van der Waals surface area contributed by atoms with Crippen molar-refractivity contribution in [1.29, 1.82) is 0 Å². The number of hydrogen-bond acceptors (Lipinski definition) is 4. The fourth-order valence-corrected chi connectivity index (χ4v) is 2.84. The van der Waals surface area contributed by atoms with Crippen molar-refractivity contribution in [2.75, 3.05) is 26.8 Å². The topological polar surface area (TPSA) is 61.8 Å². The minimum atomic E-state index is -0.158. The normalized spacial score (nSPS) is 35.5. The number of rotatable bonds is 2. The van der Waals surface area contributed by atoms with E-state index in [1.165, 1.54) is 0 Å². The first kappa shape index (κ1) is 12.8. The van der Waals surface area contributed by atoms with Gasteiger partial charge in [-0.3, -0.25) is 9.69 Å². The second-order valence-corrected chi connectivity index (χ2v) is 4.91. The number of amides is 1. The molecule has 1 saturated heterocycles. The van der Waals surface area contributed by atoms with Crippen LogP contribution in [0.4, 0.5) is 0 Å². The highest BCUT2D eigenvalue weighted by Gasteiger charge is 2.35. The number of nitrogens with zero attached hydrogens (tertiary/aromatic N) is 1. The summed E-state index contributed by atoms with van der Waals surface area (Å²) in [4.78, 5) is 14.1. The number of carbonyl (C=O) groups excluding carboxylic acids is 1. The monoisotopic (exact) mass is 242 g/mol. The van der Waals surface area contributed by atoms with Crippen molar-refractivity contribution in [3.05, 3.63) is 0 Å². The van der Waals surface area contributed by atoms with Crippen LogP contribution >= 0.6 is 0 Å². The maximum absolute atomic E-state index is 11.8. The first-order valence-corrected chi connectivity index (χ1v) is 6.45. The molecular formula is C12H22N2O3. The SMILES string of the molecule is CNC(=O)C1COCCN1C1CCC(O)CC1. The van der Waals surface area contributed by atoms with Gasteiger partial charge in [0.05, 0.1) is 19.3 Å². The molecule has 1 unspecified atom stereocenters. The molecule has 1 amide bonds. The zero-order valence-electron chi connectivity index (χ0n) is 10.4. The highest BCUT2D eigenvalue weighted by molar-refractivity contribution is 5.81. The van der Waals surface area contributed by atoms with Gasteiger partial charge in [-0.1, -0.05) is 0 Å². The van der Waals surface area contributed by atoms with Crippen LogP contribution in [0.2, 0.25) is 0 Å². The molecular weight excluding hydrogens is 220 g/mol. The van der Waals surface area contributed by atoms with Crippen molar-refractivity contribution in [2.24, 2.45) is 0 Å². The number of morpholine rings is 1. The van der Waals surface area contributed by atoms with E-state index in [0.29, 0.717) is 19.3 Å². The molecule has 98 valence electrons. The average Bonchev–Trinajstić information content (AvgIpc) is 2.39. The van der Waals surface area contributed by atoms with E-state index in [4.69, 9.17) is 4.74 Å². The predicted molar refractivity (Wildman–Crippen MR) is 63.6 cm³/mol. The van der Waals surface area contributed by atoms with Crippen molar-refractivity contribution >= 4 is 5.91 Å². The molecule has 17 heavy (non-hydrogen) atoms. The van der Waals surface area contributed by atoms with Gasteiger partial charge >= 0.3 is 0 Å². The van der Waals surface area contributed by atoms with Gasteiger partial charge in [-0.25, -0.2) is 0 Å². The zero-order valence-corrected chi connectivity index (χ0v) is 10.4.